The summed E-state index contributed by atoms with van der Waals surface area (Å²) in [6.07, 6.45) is 5.82. The lowest BCUT2D eigenvalue weighted by Gasteiger charge is -2.21. The van der Waals surface area contributed by atoms with E-state index >= 15 is 0 Å². The van der Waals surface area contributed by atoms with Gasteiger partial charge in [-0.1, -0.05) is 47.0 Å². The fourth-order valence-electron chi connectivity index (χ4n) is 2.09. The highest BCUT2D eigenvalue weighted by Gasteiger charge is 2.19. The van der Waals surface area contributed by atoms with Gasteiger partial charge in [0.15, 0.2) is 0 Å². The van der Waals surface area contributed by atoms with Crippen molar-refractivity contribution in [2.24, 2.45) is 11.8 Å². The lowest BCUT2D eigenvalue weighted by molar-refractivity contribution is -0.122. The van der Waals surface area contributed by atoms with Gasteiger partial charge in [0.25, 0.3) is 0 Å². The van der Waals surface area contributed by atoms with E-state index < -0.39 is 6.10 Å². The topological polar surface area (TPSA) is 37.3 Å². The van der Waals surface area contributed by atoms with Crippen LogP contribution in [0.3, 0.4) is 0 Å². The molecular weight excluding hydrogens is 212 g/mol. The smallest absolute Gasteiger partial charge is 0.135 e. The van der Waals surface area contributed by atoms with E-state index in [2.05, 4.69) is 27.7 Å². The van der Waals surface area contributed by atoms with E-state index in [1.54, 1.807) is 0 Å². The zero-order valence-corrected chi connectivity index (χ0v) is 12.0. The van der Waals surface area contributed by atoms with Gasteiger partial charge in [-0.2, -0.15) is 0 Å². The summed E-state index contributed by atoms with van der Waals surface area (Å²) >= 11 is 0. The van der Waals surface area contributed by atoms with Crippen molar-refractivity contribution < 1.29 is 9.90 Å². The van der Waals surface area contributed by atoms with Crippen LogP contribution in [0.4, 0.5) is 0 Å². The Balaban J connectivity index is 3.94. The number of ketones is 1. The second-order valence-corrected chi connectivity index (χ2v) is 5.55. The molecule has 0 aromatic rings. The van der Waals surface area contributed by atoms with E-state index in [0.29, 0.717) is 24.7 Å². The molecule has 0 aliphatic heterocycles. The van der Waals surface area contributed by atoms with Crippen LogP contribution in [0.25, 0.3) is 0 Å². The third-order valence-corrected chi connectivity index (χ3v) is 3.43. The highest BCUT2D eigenvalue weighted by atomic mass is 16.3. The van der Waals surface area contributed by atoms with Crippen LogP contribution in [-0.4, -0.2) is 17.0 Å². The van der Waals surface area contributed by atoms with Gasteiger partial charge in [-0.3, -0.25) is 4.79 Å². The van der Waals surface area contributed by atoms with Crippen molar-refractivity contribution in [2.75, 3.05) is 0 Å². The third-order valence-electron chi connectivity index (χ3n) is 3.43. The molecule has 2 atom stereocenters. The van der Waals surface area contributed by atoms with Gasteiger partial charge in [0, 0.05) is 12.8 Å². The number of aliphatic hydroxyl groups is 1. The zero-order valence-electron chi connectivity index (χ0n) is 12.0. The second kappa shape index (κ2) is 9.64. The molecule has 0 spiro atoms. The first-order valence-electron chi connectivity index (χ1n) is 7.20. The molecule has 17 heavy (non-hydrogen) atoms. The number of unbranched alkanes of at least 4 members (excludes halogenated alkanes) is 1. The van der Waals surface area contributed by atoms with Gasteiger partial charge < -0.3 is 5.11 Å². The maximum atomic E-state index is 11.7. The predicted molar refractivity (Wildman–Crippen MR) is 73.0 cm³/mol. The first-order valence-corrected chi connectivity index (χ1v) is 7.20. The van der Waals surface area contributed by atoms with Crippen LogP contribution in [0.5, 0.6) is 0 Å². The van der Waals surface area contributed by atoms with E-state index in [9.17, 15) is 9.90 Å². The van der Waals surface area contributed by atoms with Gasteiger partial charge in [0.05, 0.1) is 6.10 Å². The summed E-state index contributed by atoms with van der Waals surface area (Å²) in [4.78, 5) is 11.7. The molecule has 2 heteroatoms. The van der Waals surface area contributed by atoms with Crippen molar-refractivity contribution >= 4 is 5.78 Å². The van der Waals surface area contributed by atoms with Crippen molar-refractivity contribution in [3.05, 3.63) is 0 Å². The number of hydrogen-bond acceptors (Lipinski definition) is 2. The Morgan fingerprint density at radius 2 is 1.82 bits per heavy atom. The molecule has 0 fully saturated rings. The Morgan fingerprint density at radius 1 is 1.18 bits per heavy atom. The first-order chi connectivity index (χ1) is 8.01. The van der Waals surface area contributed by atoms with E-state index in [4.69, 9.17) is 0 Å². The molecule has 0 saturated heterocycles. The molecule has 0 aromatic carbocycles. The lowest BCUT2D eigenvalue weighted by Crippen LogP contribution is -2.23. The van der Waals surface area contributed by atoms with Crippen molar-refractivity contribution in [3.63, 3.8) is 0 Å². The van der Waals surface area contributed by atoms with Gasteiger partial charge in [0.2, 0.25) is 0 Å². The summed E-state index contributed by atoms with van der Waals surface area (Å²) in [5.74, 6) is 1.09. The van der Waals surface area contributed by atoms with Crippen molar-refractivity contribution in [2.45, 2.75) is 78.7 Å². The van der Waals surface area contributed by atoms with Crippen LogP contribution >= 0.6 is 0 Å². The molecule has 0 heterocycles. The highest BCUT2D eigenvalue weighted by molar-refractivity contribution is 5.78. The van der Waals surface area contributed by atoms with Crippen molar-refractivity contribution in [1.29, 1.82) is 0 Å². The van der Waals surface area contributed by atoms with Crippen LogP contribution in [0.1, 0.15) is 72.6 Å². The number of carbonyl (C=O) groups is 1. The van der Waals surface area contributed by atoms with Crippen LogP contribution in [0, 0.1) is 11.8 Å². The van der Waals surface area contributed by atoms with E-state index in [1.807, 2.05) is 0 Å². The summed E-state index contributed by atoms with van der Waals surface area (Å²) in [5, 5.41) is 10.1. The number of Topliss-reactive ketones (excluding diaryl/α,β-unsaturated/α-hetero) is 1. The molecule has 0 aliphatic rings. The molecular formula is C15H30O2. The van der Waals surface area contributed by atoms with Gasteiger partial charge >= 0.3 is 0 Å². The average molecular weight is 242 g/mol. The fraction of sp³-hybridized carbons (Fsp3) is 0.933. The van der Waals surface area contributed by atoms with Crippen LogP contribution < -0.4 is 0 Å². The minimum atomic E-state index is -0.425. The van der Waals surface area contributed by atoms with Gasteiger partial charge in [-0.05, 0) is 24.7 Å². The van der Waals surface area contributed by atoms with E-state index in [-0.39, 0.29) is 5.78 Å². The molecule has 102 valence electrons. The second-order valence-electron chi connectivity index (χ2n) is 5.55. The Morgan fingerprint density at radius 3 is 2.29 bits per heavy atom. The lowest BCUT2D eigenvalue weighted by atomic mass is 9.89. The predicted octanol–water partition coefficient (Wildman–Crippen LogP) is 3.96. The molecule has 1 N–H and O–H groups in total. The Labute approximate surface area is 107 Å². The molecule has 2 nitrogen and oxygen atoms in total. The molecule has 0 saturated carbocycles. The molecule has 2 unspecified atom stereocenters. The Kier molecular flexibility index (Phi) is 9.43. The van der Waals surface area contributed by atoms with Crippen LogP contribution in [0.15, 0.2) is 0 Å². The van der Waals surface area contributed by atoms with Gasteiger partial charge in [-0.15, -0.1) is 0 Å². The molecule has 0 radical (unpaired) electrons. The van der Waals surface area contributed by atoms with Gasteiger partial charge in [0.1, 0.15) is 5.78 Å². The minimum absolute atomic E-state index is 0.223. The summed E-state index contributed by atoms with van der Waals surface area (Å²) in [6.45, 7) is 8.51. The summed E-state index contributed by atoms with van der Waals surface area (Å²) in [6, 6.07) is 0. The van der Waals surface area contributed by atoms with E-state index in [1.165, 1.54) is 0 Å². The fourth-order valence-corrected chi connectivity index (χ4v) is 2.09. The molecule has 0 aromatic heterocycles. The van der Waals surface area contributed by atoms with E-state index in [0.717, 1.165) is 32.1 Å². The summed E-state index contributed by atoms with van der Waals surface area (Å²) in [7, 11) is 0. The maximum Gasteiger partial charge on any atom is 0.135 e. The van der Waals surface area contributed by atoms with Gasteiger partial charge in [-0.25, -0.2) is 0 Å². The molecule has 0 aliphatic carbocycles. The summed E-state index contributed by atoms with van der Waals surface area (Å²) < 4.78 is 0. The van der Waals surface area contributed by atoms with Crippen molar-refractivity contribution in [1.82, 2.24) is 0 Å². The van der Waals surface area contributed by atoms with Crippen LogP contribution in [-0.2, 0) is 4.79 Å². The standard InChI is InChI=1S/C15H30O2/c1-5-7-8-13(6-2)15(17)11-14(16)10-9-12(3)4/h12-13,15,17H,5-11H2,1-4H3. The number of aliphatic hydroxyl groups excluding tert-OH is 1. The highest BCUT2D eigenvalue weighted by Crippen LogP contribution is 2.20. The number of hydrogen-bond donors (Lipinski definition) is 1. The summed E-state index contributed by atoms with van der Waals surface area (Å²) in [5.41, 5.74) is 0. The molecule has 0 bridgehead atoms. The number of rotatable bonds is 10. The normalized spacial score (nSPS) is 14.9. The Hall–Kier alpha value is -0.370. The monoisotopic (exact) mass is 242 g/mol. The molecule has 0 rings (SSSR count). The quantitative estimate of drug-likeness (QED) is 0.629. The Bertz CT molecular complexity index is 199. The molecule has 0 amide bonds. The largest absolute Gasteiger partial charge is 0.392 e. The van der Waals surface area contributed by atoms with Crippen LogP contribution in [0.2, 0.25) is 0 Å². The third kappa shape index (κ3) is 8.37. The average Bonchev–Trinajstić information content (AvgIpc) is 2.27. The van der Waals surface area contributed by atoms with Crippen molar-refractivity contribution in [3.8, 4) is 0 Å². The number of carbonyl (C=O) groups excluding carboxylic acids is 1. The zero-order chi connectivity index (χ0) is 13.3. The SMILES string of the molecule is CCCCC(CC)C(O)CC(=O)CCC(C)C. The first kappa shape index (κ1) is 16.6. The minimum Gasteiger partial charge on any atom is -0.392 e. The maximum absolute atomic E-state index is 11.7.